The van der Waals surface area contributed by atoms with Crippen LogP contribution in [0.2, 0.25) is 0 Å². The van der Waals surface area contributed by atoms with Crippen molar-refractivity contribution in [2.24, 2.45) is 0 Å². The lowest BCUT2D eigenvalue weighted by Gasteiger charge is -2.43. The SMILES string of the molecule is CCC1(C)CC(O)(c2ccccc2OC(C)C)CCO1. The van der Waals surface area contributed by atoms with Crippen molar-refractivity contribution in [3.63, 3.8) is 0 Å². The first-order valence-corrected chi connectivity index (χ1v) is 7.51. The lowest BCUT2D eigenvalue weighted by atomic mass is 9.77. The molecule has 0 saturated carbocycles. The third-order valence-corrected chi connectivity index (χ3v) is 4.13. The molecule has 0 radical (unpaired) electrons. The van der Waals surface area contributed by atoms with Crippen molar-refractivity contribution in [3.8, 4) is 5.75 Å². The lowest BCUT2D eigenvalue weighted by Crippen LogP contribution is -2.45. The first kappa shape index (κ1) is 15.3. The Morgan fingerprint density at radius 3 is 2.70 bits per heavy atom. The monoisotopic (exact) mass is 278 g/mol. The number of benzene rings is 1. The van der Waals surface area contributed by atoms with E-state index in [-0.39, 0.29) is 11.7 Å². The Hall–Kier alpha value is -1.06. The predicted molar refractivity (Wildman–Crippen MR) is 80.0 cm³/mol. The average molecular weight is 278 g/mol. The zero-order valence-corrected chi connectivity index (χ0v) is 13.0. The van der Waals surface area contributed by atoms with Gasteiger partial charge >= 0.3 is 0 Å². The fourth-order valence-corrected chi connectivity index (χ4v) is 2.89. The topological polar surface area (TPSA) is 38.7 Å². The molecule has 2 atom stereocenters. The van der Waals surface area contributed by atoms with Crippen LogP contribution in [0.25, 0.3) is 0 Å². The van der Waals surface area contributed by atoms with E-state index in [2.05, 4.69) is 13.8 Å². The van der Waals surface area contributed by atoms with Crippen molar-refractivity contribution in [2.75, 3.05) is 6.61 Å². The van der Waals surface area contributed by atoms with Gasteiger partial charge < -0.3 is 14.6 Å². The standard InChI is InChI=1S/C17H26O3/c1-5-16(4)12-17(18,10-11-19-16)14-8-6-7-9-15(14)20-13(2)3/h6-9,13,18H,5,10-12H2,1-4H3. The summed E-state index contributed by atoms with van der Waals surface area (Å²) in [6.07, 6.45) is 2.20. The van der Waals surface area contributed by atoms with Crippen molar-refractivity contribution in [1.29, 1.82) is 0 Å². The molecule has 1 saturated heterocycles. The summed E-state index contributed by atoms with van der Waals surface area (Å²) in [6.45, 7) is 8.75. The molecular formula is C17H26O3. The van der Waals surface area contributed by atoms with Crippen LogP contribution in [-0.2, 0) is 10.3 Å². The summed E-state index contributed by atoms with van der Waals surface area (Å²) >= 11 is 0. The van der Waals surface area contributed by atoms with E-state index in [9.17, 15) is 5.11 Å². The molecule has 112 valence electrons. The van der Waals surface area contributed by atoms with E-state index in [4.69, 9.17) is 9.47 Å². The van der Waals surface area contributed by atoms with E-state index >= 15 is 0 Å². The van der Waals surface area contributed by atoms with Crippen molar-refractivity contribution in [2.45, 2.75) is 64.3 Å². The van der Waals surface area contributed by atoms with Crippen molar-refractivity contribution in [3.05, 3.63) is 29.8 Å². The van der Waals surface area contributed by atoms with E-state index in [1.165, 1.54) is 0 Å². The first-order valence-electron chi connectivity index (χ1n) is 7.51. The highest BCUT2D eigenvalue weighted by molar-refractivity contribution is 5.38. The molecular weight excluding hydrogens is 252 g/mol. The van der Waals surface area contributed by atoms with Gasteiger partial charge in [0.15, 0.2) is 0 Å². The quantitative estimate of drug-likeness (QED) is 0.914. The molecule has 0 spiro atoms. The van der Waals surface area contributed by atoms with Crippen LogP contribution in [0.4, 0.5) is 0 Å². The fourth-order valence-electron chi connectivity index (χ4n) is 2.89. The molecule has 0 aromatic heterocycles. The smallest absolute Gasteiger partial charge is 0.125 e. The predicted octanol–water partition coefficient (Wildman–Crippen LogP) is 3.64. The summed E-state index contributed by atoms with van der Waals surface area (Å²) in [5.41, 5.74) is -0.247. The molecule has 1 fully saturated rings. The number of hydrogen-bond acceptors (Lipinski definition) is 3. The maximum Gasteiger partial charge on any atom is 0.125 e. The van der Waals surface area contributed by atoms with Crippen LogP contribution in [0.15, 0.2) is 24.3 Å². The van der Waals surface area contributed by atoms with Gasteiger partial charge in [-0.2, -0.15) is 0 Å². The van der Waals surface area contributed by atoms with Gasteiger partial charge in [0.1, 0.15) is 5.75 Å². The summed E-state index contributed by atoms with van der Waals surface area (Å²) in [7, 11) is 0. The molecule has 1 N–H and O–H groups in total. The molecule has 20 heavy (non-hydrogen) atoms. The minimum atomic E-state index is -0.867. The Morgan fingerprint density at radius 1 is 1.35 bits per heavy atom. The lowest BCUT2D eigenvalue weighted by molar-refractivity contribution is -0.158. The molecule has 1 aliphatic heterocycles. The molecule has 0 aliphatic carbocycles. The summed E-state index contributed by atoms with van der Waals surface area (Å²) in [5, 5.41) is 11.1. The Labute approximate surface area is 121 Å². The molecule has 0 amide bonds. The summed E-state index contributed by atoms with van der Waals surface area (Å²) < 4.78 is 11.7. The summed E-state index contributed by atoms with van der Waals surface area (Å²) in [5.74, 6) is 0.783. The van der Waals surface area contributed by atoms with Gasteiger partial charge in [-0.15, -0.1) is 0 Å². The molecule has 1 aliphatic rings. The van der Waals surface area contributed by atoms with Crippen molar-refractivity contribution < 1.29 is 14.6 Å². The highest BCUT2D eigenvalue weighted by Gasteiger charge is 2.43. The van der Waals surface area contributed by atoms with Crippen LogP contribution in [0, 0.1) is 0 Å². The van der Waals surface area contributed by atoms with Crippen LogP contribution < -0.4 is 4.74 Å². The van der Waals surface area contributed by atoms with Crippen LogP contribution in [0.3, 0.4) is 0 Å². The fraction of sp³-hybridized carbons (Fsp3) is 0.647. The summed E-state index contributed by atoms with van der Waals surface area (Å²) in [4.78, 5) is 0. The Balaban J connectivity index is 2.34. The molecule has 2 unspecified atom stereocenters. The Bertz CT molecular complexity index is 457. The first-order chi connectivity index (χ1) is 9.38. The highest BCUT2D eigenvalue weighted by atomic mass is 16.5. The van der Waals surface area contributed by atoms with Gasteiger partial charge in [0, 0.05) is 18.4 Å². The van der Waals surface area contributed by atoms with Gasteiger partial charge in [-0.3, -0.25) is 0 Å². The average Bonchev–Trinajstić information content (AvgIpc) is 2.38. The van der Waals surface area contributed by atoms with E-state index < -0.39 is 5.60 Å². The largest absolute Gasteiger partial charge is 0.491 e. The van der Waals surface area contributed by atoms with E-state index in [0.29, 0.717) is 19.4 Å². The van der Waals surface area contributed by atoms with Crippen LogP contribution in [-0.4, -0.2) is 23.4 Å². The maximum atomic E-state index is 11.1. The third kappa shape index (κ3) is 3.15. The summed E-state index contributed by atoms with van der Waals surface area (Å²) in [6, 6.07) is 7.81. The number of para-hydroxylation sites is 1. The zero-order chi connectivity index (χ0) is 14.8. The third-order valence-electron chi connectivity index (χ3n) is 4.13. The van der Waals surface area contributed by atoms with Crippen molar-refractivity contribution in [1.82, 2.24) is 0 Å². The molecule has 3 heteroatoms. The second kappa shape index (κ2) is 5.74. The van der Waals surface area contributed by atoms with Gasteiger partial charge in [0.2, 0.25) is 0 Å². The number of aliphatic hydroxyl groups is 1. The molecule has 3 nitrogen and oxygen atoms in total. The second-order valence-corrected chi connectivity index (χ2v) is 6.27. The Morgan fingerprint density at radius 2 is 2.05 bits per heavy atom. The minimum Gasteiger partial charge on any atom is -0.491 e. The van der Waals surface area contributed by atoms with Crippen LogP contribution >= 0.6 is 0 Å². The molecule has 2 rings (SSSR count). The molecule has 1 aromatic rings. The second-order valence-electron chi connectivity index (χ2n) is 6.27. The molecule has 0 bridgehead atoms. The van der Waals surface area contributed by atoms with Gasteiger partial charge in [-0.05, 0) is 33.3 Å². The number of rotatable bonds is 4. The van der Waals surface area contributed by atoms with Gasteiger partial charge in [-0.1, -0.05) is 25.1 Å². The molecule has 1 aromatic carbocycles. The van der Waals surface area contributed by atoms with E-state index in [1.54, 1.807) is 0 Å². The number of hydrogen-bond donors (Lipinski definition) is 1. The maximum absolute atomic E-state index is 11.1. The van der Waals surface area contributed by atoms with Crippen LogP contribution in [0.5, 0.6) is 5.75 Å². The van der Waals surface area contributed by atoms with Gasteiger partial charge in [-0.25, -0.2) is 0 Å². The highest BCUT2D eigenvalue weighted by Crippen LogP contribution is 2.44. The van der Waals surface area contributed by atoms with Gasteiger partial charge in [0.25, 0.3) is 0 Å². The van der Waals surface area contributed by atoms with Crippen LogP contribution in [0.1, 0.15) is 52.5 Å². The Kier molecular flexibility index (Phi) is 4.40. The number of ether oxygens (including phenoxy) is 2. The van der Waals surface area contributed by atoms with E-state index in [0.717, 1.165) is 17.7 Å². The van der Waals surface area contributed by atoms with E-state index in [1.807, 2.05) is 38.1 Å². The van der Waals surface area contributed by atoms with Gasteiger partial charge in [0.05, 0.1) is 23.9 Å². The minimum absolute atomic E-state index is 0.0946. The van der Waals surface area contributed by atoms with Crippen molar-refractivity contribution >= 4 is 0 Å². The zero-order valence-electron chi connectivity index (χ0n) is 13.0. The normalized spacial score (nSPS) is 30.5. The molecule has 1 heterocycles.